The van der Waals surface area contributed by atoms with Gasteiger partial charge in [-0.05, 0) is 33.1 Å². The van der Waals surface area contributed by atoms with Crippen LogP contribution in [-0.4, -0.2) is 39.6 Å². The molecule has 0 aromatic heterocycles. The minimum Gasteiger partial charge on any atom is -0.379 e. The Morgan fingerprint density at radius 1 is 1.22 bits per heavy atom. The van der Waals surface area contributed by atoms with Gasteiger partial charge in [-0.15, -0.1) is 0 Å². The molecule has 0 fully saturated rings. The van der Waals surface area contributed by atoms with Crippen LogP contribution >= 0.6 is 0 Å². The Balaban J connectivity index is 3.84. The minimum atomic E-state index is -3.42. The first kappa shape index (κ1) is 17.8. The number of primary sulfonamides is 1. The van der Waals surface area contributed by atoms with Crippen LogP contribution in [0.5, 0.6) is 0 Å². The van der Waals surface area contributed by atoms with Crippen molar-refractivity contribution >= 4 is 10.0 Å². The fraction of sp³-hybridized carbons (Fsp3) is 1.00. The molecule has 0 spiro atoms. The number of sulfonamides is 1. The molecule has 18 heavy (non-hydrogen) atoms. The van der Waals surface area contributed by atoms with Crippen molar-refractivity contribution in [3.05, 3.63) is 0 Å². The highest BCUT2D eigenvalue weighted by Gasteiger charge is 2.15. The second-order valence-electron chi connectivity index (χ2n) is 5.52. The van der Waals surface area contributed by atoms with Crippen LogP contribution in [-0.2, 0) is 19.5 Å². The summed E-state index contributed by atoms with van der Waals surface area (Å²) in [5.74, 6) is -0.0410. The molecule has 0 saturated heterocycles. The molecule has 0 saturated carbocycles. The van der Waals surface area contributed by atoms with Crippen LogP contribution in [0.3, 0.4) is 0 Å². The predicted octanol–water partition coefficient (Wildman–Crippen LogP) is 1.52. The van der Waals surface area contributed by atoms with Crippen molar-refractivity contribution < 1.29 is 17.9 Å². The van der Waals surface area contributed by atoms with E-state index in [1.165, 1.54) is 0 Å². The Morgan fingerprint density at radius 3 is 2.28 bits per heavy atom. The Bertz CT molecular complexity index is 309. The van der Waals surface area contributed by atoms with Gasteiger partial charge in [-0.25, -0.2) is 13.6 Å². The fourth-order valence-electron chi connectivity index (χ4n) is 1.61. The molecule has 0 aliphatic heterocycles. The summed E-state index contributed by atoms with van der Waals surface area (Å²) >= 11 is 0. The van der Waals surface area contributed by atoms with Gasteiger partial charge in [0.1, 0.15) is 0 Å². The average molecular weight is 281 g/mol. The van der Waals surface area contributed by atoms with Gasteiger partial charge in [0.2, 0.25) is 10.0 Å². The van der Waals surface area contributed by atoms with Crippen molar-refractivity contribution in [1.82, 2.24) is 0 Å². The lowest BCUT2D eigenvalue weighted by molar-refractivity contribution is -0.0387. The molecule has 0 aromatic rings. The third-order valence-electron chi connectivity index (χ3n) is 2.28. The number of rotatable bonds is 9. The van der Waals surface area contributed by atoms with Crippen LogP contribution in [0.2, 0.25) is 0 Å². The van der Waals surface area contributed by atoms with Crippen molar-refractivity contribution in [2.24, 2.45) is 11.1 Å². The number of nitrogens with two attached hydrogens (primary N) is 1. The van der Waals surface area contributed by atoms with Gasteiger partial charge >= 0.3 is 0 Å². The summed E-state index contributed by atoms with van der Waals surface area (Å²) < 4.78 is 33.0. The Morgan fingerprint density at radius 2 is 1.83 bits per heavy atom. The molecule has 0 rings (SSSR count). The standard InChI is InChI=1S/C12H27NO4S/c1-5-6-11(10-18(13,14)15)9-16-7-8-17-12(2,3)4/h11H,5-10H2,1-4H3,(H2,13,14,15). The maximum atomic E-state index is 11.0. The molecule has 0 aliphatic rings. The van der Waals surface area contributed by atoms with Crippen LogP contribution in [0.1, 0.15) is 40.5 Å². The molecular formula is C12H27NO4S. The highest BCUT2D eigenvalue weighted by Crippen LogP contribution is 2.10. The van der Waals surface area contributed by atoms with E-state index in [2.05, 4.69) is 0 Å². The lowest BCUT2D eigenvalue weighted by Crippen LogP contribution is -2.27. The lowest BCUT2D eigenvalue weighted by atomic mass is 10.1. The maximum Gasteiger partial charge on any atom is 0.209 e. The van der Waals surface area contributed by atoms with Gasteiger partial charge in [0.25, 0.3) is 0 Å². The summed E-state index contributed by atoms with van der Waals surface area (Å²) in [6, 6.07) is 0. The Hall–Kier alpha value is -0.170. The molecule has 0 aliphatic carbocycles. The summed E-state index contributed by atoms with van der Waals surface area (Å²) in [5, 5.41) is 5.05. The van der Waals surface area contributed by atoms with E-state index < -0.39 is 10.0 Å². The zero-order valence-electron chi connectivity index (χ0n) is 11.9. The lowest BCUT2D eigenvalue weighted by Gasteiger charge is -2.20. The topological polar surface area (TPSA) is 78.6 Å². The second kappa shape index (κ2) is 8.09. The van der Waals surface area contributed by atoms with Crippen LogP contribution in [0.4, 0.5) is 0 Å². The molecule has 1 atom stereocenters. The zero-order valence-corrected chi connectivity index (χ0v) is 12.8. The van der Waals surface area contributed by atoms with E-state index in [0.717, 1.165) is 12.8 Å². The van der Waals surface area contributed by atoms with Crippen LogP contribution in [0.15, 0.2) is 0 Å². The first-order chi connectivity index (χ1) is 8.14. The third kappa shape index (κ3) is 12.3. The average Bonchev–Trinajstić information content (AvgIpc) is 2.13. The van der Waals surface area contributed by atoms with Crippen molar-refractivity contribution in [2.75, 3.05) is 25.6 Å². The molecular weight excluding hydrogens is 254 g/mol. The van der Waals surface area contributed by atoms with Crippen LogP contribution in [0, 0.1) is 5.92 Å². The highest BCUT2D eigenvalue weighted by atomic mass is 32.2. The summed E-state index contributed by atoms with van der Waals surface area (Å²) in [7, 11) is -3.42. The van der Waals surface area contributed by atoms with Crippen molar-refractivity contribution in [3.63, 3.8) is 0 Å². The first-order valence-electron chi connectivity index (χ1n) is 6.36. The zero-order chi connectivity index (χ0) is 14.2. The number of hydrogen-bond acceptors (Lipinski definition) is 4. The monoisotopic (exact) mass is 281 g/mol. The Kier molecular flexibility index (Phi) is 8.02. The van der Waals surface area contributed by atoms with E-state index in [4.69, 9.17) is 14.6 Å². The van der Waals surface area contributed by atoms with Gasteiger partial charge in [-0.3, -0.25) is 0 Å². The summed E-state index contributed by atoms with van der Waals surface area (Å²) in [4.78, 5) is 0. The van der Waals surface area contributed by atoms with E-state index in [1.807, 2.05) is 27.7 Å². The Labute approximate surface area is 111 Å². The second-order valence-corrected chi connectivity index (χ2v) is 7.18. The molecule has 0 heterocycles. The number of ether oxygens (including phenoxy) is 2. The minimum absolute atomic E-state index is 0.0129. The van der Waals surface area contributed by atoms with Crippen LogP contribution < -0.4 is 5.14 Å². The third-order valence-corrected chi connectivity index (χ3v) is 3.22. The molecule has 0 amide bonds. The molecule has 0 aromatic carbocycles. The summed E-state index contributed by atoms with van der Waals surface area (Å²) in [5.41, 5.74) is -0.174. The smallest absolute Gasteiger partial charge is 0.209 e. The van der Waals surface area contributed by atoms with E-state index >= 15 is 0 Å². The van der Waals surface area contributed by atoms with Gasteiger partial charge < -0.3 is 9.47 Å². The van der Waals surface area contributed by atoms with Gasteiger partial charge in [0.15, 0.2) is 0 Å². The summed E-state index contributed by atoms with van der Waals surface area (Å²) in [6.07, 6.45) is 1.72. The molecule has 0 radical (unpaired) electrons. The van der Waals surface area contributed by atoms with Gasteiger partial charge in [0, 0.05) is 0 Å². The van der Waals surface area contributed by atoms with Gasteiger partial charge in [-0.2, -0.15) is 0 Å². The fourth-order valence-corrected chi connectivity index (χ4v) is 2.53. The van der Waals surface area contributed by atoms with Crippen molar-refractivity contribution in [3.8, 4) is 0 Å². The molecule has 0 bridgehead atoms. The molecule has 5 nitrogen and oxygen atoms in total. The van der Waals surface area contributed by atoms with E-state index in [0.29, 0.717) is 19.8 Å². The SMILES string of the molecule is CCCC(COCCOC(C)(C)C)CS(N)(=O)=O. The molecule has 110 valence electrons. The summed E-state index contributed by atoms with van der Waals surface area (Å²) in [6.45, 7) is 9.35. The van der Waals surface area contributed by atoms with E-state index in [9.17, 15) is 8.42 Å². The molecule has 2 N–H and O–H groups in total. The normalized spacial score (nSPS) is 14.7. The molecule has 1 unspecified atom stereocenters. The maximum absolute atomic E-state index is 11.0. The van der Waals surface area contributed by atoms with E-state index in [-0.39, 0.29) is 17.3 Å². The largest absolute Gasteiger partial charge is 0.379 e. The van der Waals surface area contributed by atoms with Crippen LogP contribution in [0.25, 0.3) is 0 Å². The highest BCUT2D eigenvalue weighted by molar-refractivity contribution is 7.89. The quantitative estimate of drug-likeness (QED) is 0.650. The van der Waals surface area contributed by atoms with Gasteiger partial charge in [-0.1, -0.05) is 13.3 Å². The van der Waals surface area contributed by atoms with Gasteiger partial charge in [0.05, 0.1) is 31.2 Å². The number of hydrogen-bond donors (Lipinski definition) is 1. The first-order valence-corrected chi connectivity index (χ1v) is 8.08. The van der Waals surface area contributed by atoms with E-state index in [1.54, 1.807) is 0 Å². The molecule has 6 heteroatoms. The predicted molar refractivity (Wildman–Crippen MR) is 72.9 cm³/mol. The van der Waals surface area contributed by atoms with Crippen molar-refractivity contribution in [2.45, 2.75) is 46.1 Å². The van der Waals surface area contributed by atoms with Crippen molar-refractivity contribution in [1.29, 1.82) is 0 Å².